The molecule has 0 unspecified atom stereocenters. The Kier molecular flexibility index (Phi) is 2.57. The molecule has 0 aliphatic carbocycles. The number of benzene rings is 1. The standard InChI is InChI=1S/C15H15N5O/c1-18-14(21)12-13(20-8-7-16-15(18)20)17-10-19(12)9-11-5-3-2-4-6-11/h2-6,10H,7-9H2,1H3. The van der Waals surface area contributed by atoms with Gasteiger partial charge < -0.3 is 4.57 Å². The minimum Gasteiger partial charge on any atom is -0.320 e. The van der Waals surface area contributed by atoms with Crippen LogP contribution in [0.1, 0.15) is 16.1 Å². The molecule has 2 aliphatic rings. The smallest absolute Gasteiger partial charge is 0.280 e. The number of aliphatic imine (C=N–C) groups is 1. The molecule has 6 heteroatoms. The van der Waals surface area contributed by atoms with Crippen molar-refractivity contribution in [3.05, 3.63) is 47.9 Å². The van der Waals surface area contributed by atoms with Crippen molar-refractivity contribution in [3.63, 3.8) is 0 Å². The third-order valence-corrected chi connectivity index (χ3v) is 3.90. The van der Waals surface area contributed by atoms with Crippen LogP contribution in [-0.2, 0) is 6.54 Å². The minimum atomic E-state index is -0.0460. The molecule has 0 saturated carbocycles. The van der Waals surface area contributed by atoms with Gasteiger partial charge in [0.2, 0.25) is 5.96 Å². The number of carbonyl (C=O) groups excluding carboxylic acids is 1. The molecule has 0 atom stereocenters. The molecule has 6 nitrogen and oxygen atoms in total. The van der Waals surface area contributed by atoms with Gasteiger partial charge in [-0.05, 0) is 5.56 Å². The SMILES string of the molecule is CN1C(=O)c2c(ncn2Cc2ccccc2)N2CCN=C12. The molecule has 0 N–H and O–H groups in total. The lowest BCUT2D eigenvalue weighted by Crippen LogP contribution is -2.48. The number of aromatic nitrogens is 2. The van der Waals surface area contributed by atoms with Gasteiger partial charge in [0.25, 0.3) is 5.91 Å². The molecule has 2 aliphatic heterocycles. The minimum absolute atomic E-state index is 0.0460. The van der Waals surface area contributed by atoms with Gasteiger partial charge in [0.15, 0.2) is 11.5 Å². The summed E-state index contributed by atoms with van der Waals surface area (Å²) in [7, 11) is 1.77. The first-order valence-corrected chi connectivity index (χ1v) is 6.95. The van der Waals surface area contributed by atoms with Gasteiger partial charge in [-0.3, -0.25) is 19.6 Å². The van der Waals surface area contributed by atoms with Crippen LogP contribution >= 0.6 is 0 Å². The maximum atomic E-state index is 12.6. The lowest BCUT2D eigenvalue weighted by Gasteiger charge is -2.31. The maximum absolute atomic E-state index is 12.6. The first kappa shape index (κ1) is 12.1. The molecular formula is C15H15N5O. The average Bonchev–Trinajstić information content (AvgIpc) is 3.12. The molecule has 0 bridgehead atoms. The summed E-state index contributed by atoms with van der Waals surface area (Å²) in [5.74, 6) is 1.39. The van der Waals surface area contributed by atoms with Crippen molar-refractivity contribution in [3.8, 4) is 0 Å². The predicted molar refractivity (Wildman–Crippen MR) is 79.5 cm³/mol. The molecule has 106 valence electrons. The Morgan fingerprint density at radius 2 is 2.05 bits per heavy atom. The number of hydrogen-bond donors (Lipinski definition) is 0. The Morgan fingerprint density at radius 1 is 1.24 bits per heavy atom. The maximum Gasteiger partial charge on any atom is 0.280 e. The molecule has 21 heavy (non-hydrogen) atoms. The average molecular weight is 281 g/mol. The number of nitrogens with zero attached hydrogens (tertiary/aromatic N) is 5. The zero-order valence-corrected chi connectivity index (χ0v) is 11.7. The number of carbonyl (C=O) groups is 1. The Balaban J connectivity index is 1.77. The van der Waals surface area contributed by atoms with E-state index in [1.165, 1.54) is 0 Å². The molecule has 3 heterocycles. The van der Waals surface area contributed by atoms with Crippen molar-refractivity contribution < 1.29 is 4.79 Å². The van der Waals surface area contributed by atoms with Crippen LogP contribution in [0.3, 0.4) is 0 Å². The van der Waals surface area contributed by atoms with Crippen LogP contribution in [0.2, 0.25) is 0 Å². The van der Waals surface area contributed by atoms with Gasteiger partial charge in [0.1, 0.15) is 0 Å². The second-order valence-electron chi connectivity index (χ2n) is 5.23. The summed E-state index contributed by atoms with van der Waals surface area (Å²) < 4.78 is 1.92. The number of hydrogen-bond acceptors (Lipinski definition) is 4. The van der Waals surface area contributed by atoms with Gasteiger partial charge in [0, 0.05) is 20.1 Å². The largest absolute Gasteiger partial charge is 0.320 e. The lowest BCUT2D eigenvalue weighted by molar-refractivity contribution is 0.0855. The van der Waals surface area contributed by atoms with Crippen molar-refractivity contribution in [1.29, 1.82) is 0 Å². The van der Waals surface area contributed by atoms with Crippen LogP contribution in [0.4, 0.5) is 5.82 Å². The quantitative estimate of drug-likeness (QED) is 0.831. The van der Waals surface area contributed by atoms with Gasteiger partial charge in [0.05, 0.1) is 12.9 Å². The molecule has 1 aromatic carbocycles. The lowest BCUT2D eigenvalue weighted by atomic mass is 10.2. The third kappa shape index (κ3) is 1.75. The first-order chi connectivity index (χ1) is 10.3. The highest BCUT2D eigenvalue weighted by Crippen LogP contribution is 2.28. The number of fused-ring (bicyclic) bond motifs is 3. The van der Waals surface area contributed by atoms with E-state index >= 15 is 0 Å². The highest BCUT2D eigenvalue weighted by atomic mass is 16.2. The van der Waals surface area contributed by atoms with Crippen molar-refractivity contribution in [1.82, 2.24) is 14.5 Å². The van der Waals surface area contributed by atoms with Crippen LogP contribution in [0.15, 0.2) is 41.7 Å². The van der Waals surface area contributed by atoms with E-state index in [0.29, 0.717) is 24.7 Å². The van der Waals surface area contributed by atoms with E-state index in [0.717, 1.165) is 17.9 Å². The second-order valence-corrected chi connectivity index (χ2v) is 5.23. The summed E-state index contributed by atoms with van der Waals surface area (Å²) in [4.78, 5) is 25.0. The van der Waals surface area contributed by atoms with E-state index in [2.05, 4.69) is 9.98 Å². The zero-order valence-electron chi connectivity index (χ0n) is 11.7. The van der Waals surface area contributed by atoms with E-state index in [9.17, 15) is 4.79 Å². The number of rotatable bonds is 2. The summed E-state index contributed by atoms with van der Waals surface area (Å²) in [5, 5.41) is 0. The number of imidazole rings is 1. The van der Waals surface area contributed by atoms with Gasteiger partial charge in [-0.2, -0.15) is 0 Å². The molecule has 0 saturated heterocycles. The molecular weight excluding hydrogens is 266 g/mol. The Hall–Kier alpha value is -2.63. The van der Waals surface area contributed by atoms with E-state index in [1.807, 2.05) is 39.8 Å². The van der Waals surface area contributed by atoms with Gasteiger partial charge in [-0.15, -0.1) is 0 Å². The normalized spacial score (nSPS) is 16.8. The second kappa shape index (κ2) is 4.44. The fourth-order valence-corrected chi connectivity index (χ4v) is 2.86. The topological polar surface area (TPSA) is 53.7 Å². The van der Waals surface area contributed by atoms with Crippen molar-refractivity contribution in [2.75, 3.05) is 25.0 Å². The van der Waals surface area contributed by atoms with Crippen LogP contribution in [0.25, 0.3) is 0 Å². The monoisotopic (exact) mass is 281 g/mol. The third-order valence-electron chi connectivity index (χ3n) is 3.90. The van der Waals surface area contributed by atoms with Gasteiger partial charge in [-0.1, -0.05) is 30.3 Å². The van der Waals surface area contributed by atoms with E-state index in [4.69, 9.17) is 0 Å². The fraction of sp³-hybridized carbons (Fsp3) is 0.267. The first-order valence-electron chi connectivity index (χ1n) is 6.95. The Bertz CT molecular complexity index is 734. The molecule has 4 rings (SSSR count). The molecule has 1 aromatic heterocycles. The van der Waals surface area contributed by atoms with Crippen molar-refractivity contribution >= 4 is 17.7 Å². The molecule has 0 fully saturated rings. The zero-order chi connectivity index (χ0) is 14.4. The molecule has 0 spiro atoms. The van der Waals surface area contributed by atoms with E-state index in [1.54, 1.807) is 18.3 Å². The highest BCUT2D eigenvalue weighted by molar-refractivity contribution is 6.17. The number of anilines is 1. The summed E-state index contributed by atoms with van der Waals surface area (Å²) >= 11 is 0. The molecule has 2 aromatic rings. The van der Waals surface area contributed by atoms with Crippen LogP contribution < -0.4 is 4.90 Å². The predicted octanol–water partition coefficient (Wildman–Crippen LogP) is 1.19. The van der Waals surface area contributed by atoms with Gasteiger partial charge in [-0.25, -0.2) is 4.98 Å². The van der Waals surface area contributed by atoms with Crippen molar-refractivity contribution in [2.24, 2.45) is 4.99 Å². The van der Waals surface area contributed by atoms with E-state index < -0.39 is 0 Å². The summed E-state index contributed by atoms with van der Waals surface area (Å²) in [5.41, 5.74) is 1.79. The fourth-order valence-electron chi connectivity index (χ4n) is 2.86. The van der Waals surface area contributed by atoms with Crippen molar-refractivity contribution in [2.45, 2.75) is 6.54 Å². The van der Waals surface area contributed by atoms with E-state index in [-0.39, 0.29) is 5.91 Å². The number of guanidine groups is 1. The molecule has 1 amide bonds. The van der Waals surface area contributed by atoms with Crippen LogP contribution in [0, 0.1) is 0 Å². The summed E-state index contributed by atoms with van der Waals surface area (Å²) in [6, 6.07) is 10.1. The van der Waals surface area contributed by atoms with Crippen LogP contribution in [-0.4, -0.2) is 46.5 Å². The highest BCUT2D eigenvalue weighted by Gasteiger charge is 2.38. The summed E-state index contributed by atoms with van der Waals surface area (Å²) in [6.07, 6.45) is 1.74. The van der Waals surface area contributed by atoms with Crippen LogP contribution in [0.5, 0.6) is 0 Å². The van der Waals surface area contributed by atoms with Gasteiger partial charge >= 0.3 is 0 Å². The molecule has 0 radical (unpaired) electrons. The summed E-state index contributed by atoms with van der Waals surface area (Å²) in [6.45, 7) is 2.13. The number of amides is 1. The Labute approximate surface area is 122 Å². The Morgan fingerprint density at radius 3 is 2.86 bits per heavy atom.